The Morgan fingerprint density at radius 1 is 1.12 bits per heavy atom. The lowest BCUT2D eigenvalue weighted by atomic mass is 9.77. The van der Waals surface area contributed by atoms with E-state index in [-0.39, 0.29) is 0 Å². The fraction of sp³-hybridized carbons (Fsp3) is 0.500. The van der Waals surface area contributed by atoms with E-state index in [1.54, 1.807) is 5.57 Å². The van der Waals surface area contributed by atoms with Crippen LogP contribution in [0.15, 0.2) is 30.3 Å². The SMILES string of the molecule is CCc1ccc(C2=CCC(C)(C)CC2)cc1. The van der Waals surface area contributed by atoms with E-state index in [0.29, 0.717) is 5.41 Å². The zero-order valence-corrected chi connectivity index (χ0v) is 10.7. The molecule has 86 valence electrons. The van der Waals surface area contributed by atoms with Gasteiger partial charge in [0.1, 0.15) is 0 Å². The summed E-state index contributed by atoms with van der Waals surface area (Å²) in [5.74, 6) is 0. The molecule has 16 heavy (non-hydrogen) atoms. The van der Waals surface area contributed by atoms with Gasteiger partial charge < -0.3 is 0 Å². The van der Waals surface area contributed by atoms with Gasteiger partial charge in [0.2, 0.25) is 0 Å². The second kappa shape index (κ2) is 4.45. The zero-order valence-electron chi connectivity index (χ0n) is 10.7. The summed E-state index contributed by atoms with van der Waals surface area (Å²) in [4.78, 5) is 0. The molecule has 1 aliphatic carbocycles. The fourth-order valence-corrected chi connectivity index (χ4v) is 2.29. The Morgan fingerprint density at radius 2 is 1.81 bits per heavy atom. The van der Waals surface area contributed by atoms with Crippen LogP contribution < -0.4 is 0 Å². The van der Waals surface area contributed by atoms with Crippen LogP contribution in [0.25, 0.3) is 5.57 Å². The van der Waals surface area contributed by atoms with Crippen molar-refractivity contribution >= 4 is 5.57 Å². The largest absolute Gasteiger partial charge is 0.0802 e. The van der Waals surface area contributed by atoms with E-state index >= 15 is 0 Å². The van der Waals surface area contributed by atoms with Crippen molar-refractivity contribution in [3.8, 4) is 0 Å². The summed E-state index contributed by atoms with van der Waals surface area (Å²) in [6, 6.07) is 9.08. The predicted octanol–water partition coefficient (Wildman–Crippen LogP) is 4.84. The van der Waals surface area contributed by atoms with Crippen LogP contribution >= 0.6 is 0 Å². The topological polar surface area (TPSA) is 0 Å². The van der Waals surface area contributed by atoms with Gasteiger partial charge in [-0.1, -0.05) is 51.1 Å². The monoisotopic (exact) mass is 214 g/mol. The highest BCUT2D eigenvalue weighted by Gasteiger charge is 2.21. The molecule has 0 bridgehead atoms. The maximum Gasteiger partial charge on any atom is -0.0228 e. The molecule has 0 saturated carbocycles. The molecule has 1 aromatic carbocycles. The Morgan fingerprint density at radius 3 is 2.31 bits per heavy atom. The lowest BCUT2D eigenvalue weighted by molar-refractivity contribution is 0.335. The number of hydrogen-bond donors (Lipinski definition) is 0. The van der Waals surface area contributed by atoms with Crippen LogP contribution in [0.4, 0.5) is 0 Å². The minimum absolute atomic E-state index is 0.507. The molecule has 0 aliphatic heterocycles. The number of benzene rings is 1. The third kappa shape index (κ3) is 2.55. The summed E-state index contributed by atoms with van der Waals surface area (Å²) in [5, 5.41) is 0. The van der Waals surface area contributed by atoms with Gasteiger partial charge in [-0.2, -0.15) is 0 Å². The Balaban J connectivity index is 2.16. The second-order valence-electron chi connectivity index (χ2n) is 5.65. The highest BCUT2D eigenvalue weighted by Crippen LogP contribution is 2.37. The third-order valence-corrected chi connectivity index (χ3v) is 3.71. The van der Waals surface area contributed by atoms with Crippen molar-refractivity contribution in [3.05, 3.63) is 41.5 Å². The first kappa shape index (κ1) is 11.4. The average Bonchev–Trinajstić information content (AvgIpc) is 2.29. The molecule has 0 spiro atoms. The van der Waals surface area contributed by atoms with Crippen molar-refractivity contribution in [1.29, 1.82) is 0 Å². The number of allylic oxidation sites excluding steroid dienone is 2. The van der Waals surface area contributed by atoms with Gasteiger partial charge in [-0.15, -0.1) is 0 Å². The van der Waals surface area contributed by atoms with Gasteiger partial charge in [0.15, 0.2) is 0 Å². The van der Waals surface area contributed by atoms with Crippen LogP contribution in [0.2, 0.25) is 0 Å². The first-order chi connectivity index (χ1) is 7.61. The summed E-state index contributed by atoms with van der Waals surface area (Å²) in [6.07, 6.45) is 7.33. The van der Waals surface area contributed by atoms with Crippen molar-refractivity contribution in [2.75, 3.05) is 0 Å². The maximum absolute atomic E-state index is 2.43. The lowest BCUT2D eigenvalue weighted by Crippen LogP contribution is -2.14. The smallest absolute Gasteiger partial charge is 0.0228 e. The first-order valence-electron chi connectivity index (χ1n) is 6.39. The number of hydrogen-bond acceptors (Lipinski definition) is 0. The van der Waals surface area contributed by atoms with E-state index in [0.717, 1.165) is 6.42 Å². The summed E-state index contributed by atoms with van der Waals surface area (Å²) in [7, 11) is 0. The van der Waals surface area contributed by atoms with Gasteiger partial charge in [-0.05, 0) is 47.8 Å². The predicted molar refractivity (Wildman–Crippen MR) is 71.4 cm³/mol. The van der Waals surface area contributed by atoms with Gasteiger partial charge >= 0.3 is 0 Å². The van der Waals surface area contributed by atoms with Crippen LogP contribution in [-0.4, -0.2) is 0 Å². The Bertz CT molecular complexity index is 379. The zero-order chi connectivity index (χ0) is 11.6. The number of rotatable bonds is 2. The molecule has 0 atom stereocenters. The summed E-state index contributed by atoms with van der Waals surface area (Å²) in [5.41, 5.74) is 4.91. The first-order valence-corrected chi connectivity index (χ1v) is 6.39. The Labute approximate surface area is 99.4 Å². The van der Waals surface area contributed by atoms with Gasteiger partial charge in [0.25, 0.3) is 0 Å². The second-order valence-corrected chi connectivity index (χ2v) is 5.65. The van der Waals surface area contributed by atoms with Crippen molar-refractivity contribution in [2.45, 2.75) is 46.5 Å². The molecule has 1 aliphatic rings. The van der Waals surface area contributed by atoms with Crippen molar-refractivity contribution in [1.82, 2.24) is 0 Å². The molecule has 0 nitrogen and oxygen atoms in total. The molecule has 0 aromatic heterocycles. The molecule has 0 heterocycles. The van der Waals surface area contributed by atoms with E-state index in [1.165, 1.54) is 30.4 Å². The quantitative estimate of drug-likeness (QED) is 0.660. The fourth-order valence-electron chi connectivity index (χ4n) is 2.29. The lowest BCUT2D eigenvalue weighted by Gasteiger charge is -2.28. The van der Waals surface area contributed by atoms with Crippen molar-refractivity contribution in [3.63, 3.8) is 0 Å². The molecule has 0 amide bonds. The van der Waals surface area contributed by atoms with Crippen LogP contribution in [0, 0.1) is 5.41 Å². The summed E-state index contributed by atoms with van der Waals surface area (Å²) >= 11 is 0. The van der Waals surface area contributed by atoms with Gasteiger partial charge in [0, 0.05) is 0 Å². The molecule has 2 rings (SSSR count). The van der Waals surface area contributed by atoms with E-state index in [9.17, 15) is 0 Å². The van der Waals surface area contributed by atoms with Crippen LogP contribution in [0.1, 0.15) is 51.2 Å². The normalized spacial score (nSPS) is 19.3. The highest BCUT2D eigenvalue weighted by atomic mass is 14.3. The average molecular weight is 214 g/mol. The molecule has 0 unspecified atom stereocenters. The molecule has 0 fully saturated rings. The van der Waals surface area contributed by atoms with E-state index in [1.807, 2.05) is 0 Å². The molecule has 1 aromatic rings. The molecular formula is C16H22. The molecular weight excluding hydrogens is 192 g/mol. The minimum atomic E-state index is 0.507. The molecule has 0 radical (unpaired) electrons. The number of aryl methyl sites for hydroxylation is 1. The molecule has 0 heteroatoms. The summed E-state index contributed by atoms with van der Waals surface area (Å²) in [6.45, 7) is 6.93. The van der Waals surface area contributed by atoms with E-state index < -0.39 is 0 Å². The van der Waals surface area contributed by atoms with Crippen LogP contribution in [0.3, 0.4) is 0 Å². The summed E-state index contributed by atoms with van der Waals surface area (Å²) < 4.78 is 0. The van der Waals surface area contributed by atoms with Crippen molar-refractivity contribution in [2.24, 2.45) is 5.41 Å². The van der Waals surface area contributed by atoms with E-state index in [2.05, 4.69) is 51.1 Å². The van der Waals surface area contributed by atoms with Crippen LogP contribution in [0.5, 0.6) is 0 Å². The Hall–Kier alpha value is -1.04. The maximum atomic E-state index is 2.43. The van der Waals surface area contributed by atoms with Crippen molar-refractivity contribution < 1.29 is 0 Å². The van der Waals surface area contributed by atoms with Gasteiger partial charge in [-0.25, -0.2) is 0 Å². The molecule has 0 N–H and O–H groups in total. The highest BCUT2D eigenvalue weighted by molar-refractivity contribution is 5.66. The Kier molecular flexibility index (Phi) is 3.18. The van der Waals surface area contributed by atoms with Crippen LogP contribution in [-0.2, 0) is 6.42 Å². The molecule has 0 saturated heterocycles. The van der Waals surface area contributed by atoms with Gasteiger partial charge in [0.05, 0.1) is 0 Å². The van der Waals surface area contributed by atoms with E-state index in [4.69, 9.17) is 0 Å². The van der Waals surface area contributed by atoms with Gasteiger partial charge in [-0.3, -0.25) is 0 Å². The minimum Gasteiger partial charge on any atom is -0.0802 e. The standard InChI is InChI=1S/C16H22/c1-4-13-5-7-14(8-6-13)15-9-11-16(2,3)12-10-15/h5-9H,4,10-12H2,1-3H3. The third-order valence-electron chi connectivity index (χ3n) is 3.71.